The Morgan fingerprint density at radius 3 is 2.43 bits per heavy atom. The quantitative estimate of drug-likeness (QED) is 0.924. The Balaban J connectivity index is 1.85. The van der Waals surface area contributed by atoms with Crippen molar-refractivity contribution in [3.8, 4) is 5.75 Å². The molecule has 4 nitrogen and oxygen atoms in total. The molecule has 1 aliphatic heterocycles. The number of para-hydroxylation sites is 1. The van der Waals surface area contributed by atoms with Gasteiger partial charge in [-0.2, -0.15) is 0 Å². The van der Waals surface area contributed by atoms with Crippen molar-refractivity contribution in [3.63, 3.8) is 0 Å². The molecule has 0 aromatic heterocycles. The molecule has 0 radical (unpaired) electrons. The standard InChI is InChI=1S/C16H23NO3S/c17-12-16(8-4-1-5-9-16)14-6-2-3-7-15(14)20-13-10-21(18,19)11-13/h2-3,6-7,13H,1,4-5,8-12,17H2. The minimum atomic E-state index is -2.86. The summed E-state index contributed by atoms with van der Waals surface area (Å²) in [4.78, 5) is 0. The monoisotopic (exact) mass is 309 g/mol. The van der Waals surface area contributed by atoms with Gasteiger partial charge in [0.1, 0.15) is 11.9 Å². The van der Waals surface area contributed by atoms with Gasteiger partial charge in [0.25, 0.3) is 0 Å². The van der Waals surface area contributed by atoms with Gasteiger partial charge in [0.05, 0.1) is 11.5 Å². The summed E-state index contributed by atoms with van der Waals surface area (Å²) >= 11 is 0. The summed E-state index contributed by atoms with van der Waals surface area (Å²) in [6.07, 6.45) is 5.65. The molecule has 21 heavy (non-hydrogen) atoms. The van der Waals surface area contributed by atoms with E-state index in [9.17, 15) is 8.42 Å². The van der Waals surface area contributed by atoms with Crippen molar-refractivity contribution >= 4 is 9.84 Å². The van der Waals surface area contributed by atoms with Gasteiger partial charge in [-0.05, 0) is 18.9 Å². The molecule has 1 heterocycles. The number of nitrogens with two attached hydrogens (primary N) is 1. The van der Waals surface area contributed by atoms with Gasteiger partial charge >= 0.3 is 0 Å². The van der Waals surface area contributed by atoms with Crippen LogP contribution in [0.3, 0.4) is 0 Å². The molecule has 0 bridgehead atoms. The van der Waals surface area contributed by atoms with E-state index in [1.807, 2.05) is 18.2 Å². The molecule has 116 valence electrons. The molecule has 1 aliphatic carbocycles. The van der Waals surface area contributed by atoms with Crippen molar-refractivity contribution in [2.75, 3.05) is 18.1 Å². The zero-order chi connectivity index (χ0) is 14.9. The number of hydrogen-bond donors (Lipinski definition) is 1. The Kier molecular flexibility index (Phi) is 3.97. The van der Waals surface area contributed by atoms with Gasteiger partial charge < -0.3 is 10.5 Å². The fraction of sp³-hybridized carbons (Fsp3) is 0.625. The molecule has 1 saturated heterocycles. The van der Waals surface area contributed by atoms with Crippen LogP contribution in [-0.4, -0.2) is 32.6 Å². The largest absolute Gasteiger partial charge is 0.488 e. The van der Waals surface area contributed by atoms with Crippen LogP contribution in [-0.2, 0) is 15.3 Å². The smallest absolute Gasteiger partial charge is 0.157 e. The number of sulfone groups is 1. The van der Waals surface area contributed by atoms with Crippen molar-refractivity contribution in [1.82, 2.24) is 0 Å². The van der Waals surface area contributed by atoms with Crippen molar-refractivity contribution in [1.29, 1.82) is 0 Å². The van der Waals surface area contributed by atoms with Gasteiger partial charge in [0, 0.05) is 17.5 Å². The fourth-order valence-corrected chi connectivity index (χ4v) is 4.76. The van der Waals surface area contributed by atoms with Gasteiger partial charge in [0.15, 0.2) is 9.84 Å². The van der Waals surface area contributed by atoms with Crippen LogP contribution in [0.15, 0.2) is 24.3 Å². The Morgan fingerprint density at radius 2 is 1.81 bits per heavy atom. The normalized spacial score (nSPS) is 24.2. The van der Waals surface area contributed by atoms with E-state index in [1.54, 1.807) is 0 Å². The minimum absolute atomic E-state index is 0.00251. The molecule has 1 saturated carbocycles. The van der Waals surface area contributed by atoms with E-state index in [-0.39, 0.29) is 23.0 Å². The lowest BCUT2D eigenvalue weighted by atomic mass is 9.69. The zero-order valence-electron chi connectivity index (χ0n) is 12.3. The second kappa shape index (κ2) is 5.61. The van der Waals surface area contributed by atoms with E-state index in [0.29, 0.717) is 6.54 Å². The molecule has 5 heteroatoms. The topological polar surface area (TPSA) is 69.4 Å². The van der Waals surface area contributed by atoms with Crippen molar-refractivity contribution in [2.24, 2.45) is 5.73 Å². The van der Waals surface area contributed by atoms with Crippen molar-refractivity contribution in [3.05, 3.63) is 29.8 Å². The Morgan fingerprint density at radius 1 is 1.14 bits per heavy atom. The van der Waals surface area contributed by atoms with Crippen LogP contribution in [0.1, 0.15) is 37.7 Å². The molecule has 3 rings (SSSR count). The van der Waals surface area contributed by atoms with Crippen molar-refractivity contribution < 1.29 is 13.2 Å². The molecular formula is C16H23NO3S. The zero-order valence-corrected chi connectivity index (χ0v) is 13.1. The van der Waals surface area contributed by atoms with Gasteiger partial charge in [-0.25, -0.2) is 8.42 Å². The lowest BCUT2D eigenvalue weighted by Gasteiger charge is -2.38. The van der Waals surface area contributed by atoms with Crippen LogP contribution in [0.5, 0.6) is 5.75 Å². The van der Waals surface area contributed by atoms with Gasteiger partial charge in [0.2, 0.25) is 0 Å². The number of rotatable bonds is 4. The summed E-state index contributed by atoms with van der Waals surface area (Å²) < 4.78 is 28.5. The highest BCUT2D eigenvalue weighted by molar-refractivity contribution is 7.92. The van der Waals surface area contributed by atoms with Gasteiger partial charge in [-0.3, -0.25) is 0 Å². The molecule has 2 fully saturated rings. The lowest BCUT2D eigenvalue weighted by Crippen LogP contribution is -2.46. The van der Waals surface area contributed by atoms with E-state index < -0.39 is 9.84 Å². The maximum absolute atomic E-state index is 11.3. The van der Waals surface area contributed by atoms with Crippen molar-refractivity contribution in [2.45, 2.75) is 43.6 Å². The highest BCUT2D eigenvalue weighted by atomic mass is 32.2. The van der Waals surface area contributed by atoms with Crippen LogP contribution >= 0.6 is 0 Å². The average molecular weight is 309 g/mol. The first kappa shape index (κ1) is 14.9. The summed E-state index contributed by atoms with van der Waals surface area (Å²) in [5.74, 6) is 1.10. The predicted molar refractivity (Wildman–Crippen MR) is 83.3 cm³/mol. The summed E-state index contributed by atoms with van der Waals surface area (Å²) in [5, 5.41) is 0. The van der Waals surface area contributed by atoms with E-state index in [2.05, 4.69) is 6.07 Å². The van der Waals surface area contributed by atoms with E-state index >= 15 is 0 Å². The molecule has 0 spiro atoms. The summed E-state index contributed by atoms with van der Waals surface area (Å²) in [5.41, 5.74) is 7.27. The third kappa shape index (κ3) is 2.94. The predicted octanol–water partition coefficient (Wildman–Crippen LogP) is 2.02. The molecule has 1 aromatic rings. The number of ether oxygens (including phenoxy) is 1. The minimum Gasteiger partial charge on any atom is -0.488 e. The van der Waals surface area contributed by atoms with Crippen LogP contribution in [0.2, 0.25) is 0 Å². The van der Waals surface area contributed by atoms with E-state index in [0.717, 1.165) is 24.2 Å². The van der Waals surface area contributed by atoms with Crippen LogP contribution in [0.4, 0.5) is 0 Å². The number of benzene rings is 1. The van der Waals surface area contributed by atoms with Crippen LogP contribution in [0, 0.1) is 0 Å². The Hall–Kier alpha value is -1.07. The SMILES string of the molecule is NCC1(c2ccccc2OC2CS(=O)(=O)C2)CCCCC1. The van der Waals surface area contributed by atoms with E-state index in [4.69, 9.17) is 10.5 Å². The summed E-state index contributed by atoms with van der Waals surface area (Å²) in [6, 6.07) is 8.01. The fourth-order valence-electron chi connectivity index (χ4n) is 3.58. The second-order valence-corrected chi connectivity index (χ2v) is 8.51. The molecule has 2 N–H and O–H groups in total. The molecule has 2 aliphatic rings. The molecule has 0 amide bonds. The first-order valence-electron chi connectivity index (χ1n) is 7.71. The third-order valence-corrected chi connectivity index (χ3v) is 6.59. The van der Waals surface area contributed by atoms with Gasteiger partial charge in [-0.15, -0.1) is 0 Å². The highest BCUT2D eigenvalue weighted by Crippen LogP contribution is 2.43. The first-order chi connectivity index (χ1) is 10.0. The van der Waals surface area contributed by atoms with E-state index in [1.165, 1.54) is 19.3 Å². The Bertz CT molecular complexity index is 594. The van der Waals surface area contributed by atoms with Gasteiger partial charge in [-0.1, -0.05) is 37.5 Å². The second-order valence-electron chi connectivity index (χ2n) is 6.36. The highest BCUT2D eigenvalue weighted by Gasteiger charge is 2.38. The number of hydrogen-bond acceptors (Lipinski definition) is 4. The first-order valence-corrected chi connectivity index (χ1v) is 9.53. The lowest BCUT2D eigenvalue weighted by molar-refractivity contribution is 0.215. The third-order valence-electron chi connectivity index (χ3n) is 4.83. The van der Waals surface area contributed by atoms with Crippen LogP contribution < -0.4 is 10.5 Å². The Labute approximate surface area is 126 Å². The molecular weight excluding hydrogens is 286 g/mol. The summed E-state index contributed by atoms with van der Waals surface area (Å²) in [6.45, 7) is 0.621. The van der Waals surface area contributed by atoms with Crippen LogP contribution in [0.25, 0.3) is 0 Å². The molecule has 0 unspecified atom stereocenters. The maximum Gasteiger partial charge on any atom is 0.157 e. The molecule has 0 atom stereocenters. The maximum atomic E-state index is 11.3. The summed E-state index contributed by atoms with van der Waals surface area (Å²) in [7, 11) is -2.86. The average Bonchev–Trinajstić information content (AvgIpc) is 2.47. The molecule has 1 aromatic carbocycles.